The Morgan fingerprint density at radius 3 is 2.96 bits per heavy atom. The van der Waals surface area contributed by atoms with Gasteiger partial charge in [0.2, 0.25) is 12.5 Å². The number of fused-ring (bicyclic) bond motifs is 3. The van der Waals surface area contributed by atoms with Crippen molar-refractivity contribution in [3.05, 3.63) is 64.7 Å². The van der Waals surface area contributed by atoms with Crippen molar-refractivity contribution in [1.82, 2.24) is 24.8 Å². The first-order valence-corrected chi connectivity index (χ1v) is 16.1. The number of ether oxygens (including phenoxy) is 1. The van der Waals surface area contributed by atoms with Crippen molar-refractivity contribution in [2.24, 2.45) is 0 Å². The first-order valence-electron chi connectivity index (χ1n) is 14.9. The molecule has 6 heterocycles. The van der Waals surface area contributed by atoms with Crippen LogP contribution >= 0.6 is 22.9 Å². The highest BCUT2D eigenvalue weighted by Gasteiger charge is 2.49. The predicted molar refractivity (Wildman–Crippen MR) is 171 cm³/mol. The molecule has 1 amide bonds. The number of carbonyl (C=O) groups excluding carboxylic acids is 1. The molecule has 1 aromatic carbocycles. The molecule has 3 atom stereocenters. The largest absolute Gasteiger partial charge is 0.461 e. The summed E-state index contributed by atoms with van der Waals surface area (Å²) in [6.45, 7) is 13.5. The number of pyridine rings is 1. The van der Waals surface area contributed by atoms with Crippen molar-refractivity contribution in [3.63, 3.8) is 0 Å². The van der Waals surface area contributed by atoms with E-state index in [1.165, 1.54) is 17.4 Å². The average molecular weight is 650 g/mol. The number of halogens is 3. The number of nitrogens with zero attached hydrogens (tertiary/aromatic N) is 7. The summed E-state index contributed by atoms with van der Waals surface area (Å²) in [5, 5.41) is 1.17. The fourth-order valence-electron chi connectivity index (χ4n) is 7.12. The summed E-state index contributed by atoms with van der Waals surface area (Å²) in [5.74, 6) is -0.469. The van der Waals surface area contributed by atoms with E-state index in [0.29, 0.717) is 53.7 Å². The van der Waals surface area contributed by atoms with Gasteiger partial charge in [-0.15, -0.1) is 11.3 Å². The Morgan fingerprint density at radius 1 is 1.27 bits per heavy atom. The average Bonchev–Trinajstić information content (AvgIpc) is 3.70. The van der Waals surface area contributed by atoms with Crippen LogP contribution in [0.15, 0.2) is 43.1 Å². The van der Waals surface area contributed by atoms with Crippen LogP contribution in [0.2, 0.25) is 4.34 Å². The van der Waals surface area contributed by atoms with Crippen LogP contribution in [0.3, 0.4) is 0 Å². The second-order valence-electron chi connectivity index (χ2n) is 11.8. The lowest BCUT2D eigenvalue weighted by Gasteiger charge is -2.39. The molecule has 0 aliphatic carbocycles. The first-order chi connectivity index (χ1) is 21.8. The normalized spacial score (nSPS) is 23.4. The molecule has 1 unspecified atom stereocenters. The van der Waals surface area contributed by atoms with Gasteiger partial charge >= 0.3 is 6.01 Å². The van der Waals surface area contributed by atoms with Gasteiger partial charge in [0.25, 0.3) is 0 Å². The topological polar surface area (TPSA) is 79.1 Å². The lowest BCUT2D eigenvalue weighted by atomic mass is 9.95. The zero-order valence-corrected chi connectivity index (χ0v) is 26.0. The van der Waals surface area contributed by atoms with Crippen molar-refractivity contribution >= 4 is 55.7 Å². The van der Waals surface area contributed by atoms with Crippen molar-refractivity contribution < 1.29 is 18.3 Å². The number of amides is 1. The Morgan fingerprint density at radius 2 is 2.13 bits per heavy atom. The SMILES string of the molecule is [C-]#[N+]C[C@H]1CN(c2nc(OCC34CCCN3C[C@H](F)C4)nc3c(F)c(-c4cccc5sc(Cl)cc45)ncc23)CCN1C(=O)C=C. The molecule has 3 aliphatic heterocycles. The maximum Gasteiger partial charge on any atom is 0.319 e. The van der Waals surface area contributed by atoms with Gasteiger partial charge in [0.1, 0.15) is 35.8 Å². The van der Waals surface area contributed by atoms with Gasteiger partial charge in [-0.3, -0.25) is 14.7 Å². The van der Waals surface area contributed by atoms with Crippen LogP contribution in [0.4, 0.5) is 14.6 Å². The minimum absolute atomic E-state index is 0.0137. The van der Waals surface area contributed by atoms with Crippen molar-refractivity contribution in [2.45, 2.75) is 37.0 Å². The van der Waals surface area contributed by atoms with Crippen molar-refractivity contribution in [3.8, 4) is 17.3 Å². The van der Waals surface area contributed by atoms with Gasteiger partial charge in [0, 0.05) is 54.4 Å². The summed E-state index contributed by atoms with van der Waals surface area (Å²) >= 11 is 7.70. The highest BCUT2D eigenvalue weighted by Crippen LogP contribution is 2.41. The number of carbonyl (C=O) groups is 1. The molecule has 3 fully saturated rings. The predicted octanol–water partition coefficient (Wildman–Crippen LogP) is 5.78. The molecule has 7 rings (SSSR count). The summed E-state index contributed by atoms with van der Waals surface area (Å²) < 4.78 is 38.8. The van der Waals surface area contributed by atoms with E-state index in [1.807, 2.05) is 17.0 Å². The van der Waals surface area contributed by atoms with E-state index in [0.717, 1.165) is 29.5 Å². The number of thiophene rings is 1. The summed E-state index contributed by atoms with van der Waals surface area (Å²) in [6.07, 6.45) is 4.03. The Labute approximate surface area is 267 Å². The Hall–Kier alpha value is -3.92. The third-order valence-electron chi connectivity index (χ3n) is 9.20. The molecule has 0 bridgehead atoms. The molecular weight excluding hydrogens is 620 g/mol. The van der Waals surface area contributed by atoms with E-state index in [2.05, 4.69) is 26.3 Å². The molecule has 4 aromatic rings. The highest BCUT2D eigenvalue weighted by atomic mass is 35.5. The van der Waals surface area contributed by atoms with Gasteiger partial charge in [-0.25, -0.2) is 15.4 Å². The second-order valence-corrected chi connectivity index (χ2v) is 13.5. The number of alkyl halides is 1. The molecule has 9 nitrogen and oxygen atoms in total. The second kappa shape index (κ2) is 11.8. The van der Waals surface area contributed by atoms with Crippen LogP contribution < -0.4 is 9.64 Å². The van der Waals surface area contributed by atoms with E-state index in [1.54, 1.807) is 23.2 Å². The molecule has 3 saturated heterocycles. The molecule has 45 heavy (non-hydrogen) atoms. The maximum atomic E-state index is 16.6. The smallest absolute Gasteiger partial charge is 0.319 e. The number of hydrogen-bond donors (Lipinski definition) is 0. The summed E-state index contributed by atoms with van der Waals surface area (Å²) in [7, 11) is 0. The minimum atomic E-state index is -0.921. The van der Waals surface area contributed by atoms with Gasteiger partial charge in [0.15, 0.2) is 5.82 Å². The number of anilines is 1. The maximum absolute atomic E-state index is 16.6. The number of hydrogen-bond acceptors (Lipinski definition) is 8. The molecule has 13 heteroatoms. The summed E-state index contributed by atoms with van der Waals surface area (Å²) in [6, 6.07) is 6.93. The number of piperazine rings is 1. The van der Waals surface area contributed by atoms with Crippen LogP contribution in [0.5, 0.6) is 6.01 Å². The van der Waals surface area contributed by atoms with Crippen LogP contribution in [-0.2, 0) is 4.79 Å². The van der Waals surface area contributed by atoms with E-state index in [4.69, 9.17) is 27.9 Å². The third kappa shape index (κ3) is 5.26. The Bertz CT molecular complexity index is 1860. The molecule has 232 valence electrons. The quantitative estimate of drug-likeness (QED) is 0.186. The Kier molecular flexibility index (Phi) is 7.79. The molecule has 3 aliphatic rings. The lowest BCUT2D eigenvalue weighted by molar-refractivity contribution is -0.128. The molecule has 3 aromatic heterocycles. The number of benzene rings is 1. The fraction of sp³-hybridized carbons (Fsp3) is 0.406. The minimum Gasteiger partial charge on any atom is -0.461 e. The lowest BCUT2D eigenvalue weighted by Crippen LogP contribution is -2.56. The fourth-order valence-corrected chi connectivity index (χ4v) is 8.29. The molecule has 0 spiro atoms. The zero-order chi connectivity index (χ0) is 31.3. The summed E-state index contributed by atoms with van der Waals surface area (Å²) in [4.78, 5) is 35.7. The van der Waals surface area contributed by atoms with E-state index in [9.17, 15) is 9.18 Å². The number of rotatable bonds is 7. The van der Waals surface area contributed by atoms with E-state index in [-0.39, 0.29) is 36.3 Å². The van der Waals surface area contributed by atoms with E-state index >= 15 is 4.39 Å². The van der Waals surface area contributed by atoms with Gasteiger partial charge < -0.3 is 19.4 Å². The van der Waals surface area contributed by atoms with E-state index < -0.39 is 23.6 Å². The third-order valence-corrected chi connectivity index (χ3v) is 10.4. The van der Waals surface area contributed by atoms with Crippen LogP contribution in [-0.4, -0.2) is 94.3 Å². The molecule has 0 saturated carbocycles. The Balaban J connectivity index is 1.32. The van der Waals surface area contributed by atoms with Crippen LogP contribution in [0.25, 0.3) is 37.1 Å². The standard InChI is InChI=1S/C32H30ClF2N7O2S/c1-3-26(43)42-11-10-40(17-20(42)14-36-2)30-23-15-37-28(21-6-4-7-24-22(21)12-25(33)45-24)27(35)29(23)38-31(39-30)44-18-32-8-5-9-41(32)16-19(34)13-32/h3-4,6-7,12,15,19-20H,1,5,8-11,13-14,16-18H2/t19-,20+,32?/m1/s1. The first kappa shape index (κ1) is 29.8. The van der Waals surface area contributed by atoms with Gasteiger partial charge in [-0.1, -0.05) is 30.3 Å². The van der Waals surface area contributed by atoms with Crippen molar-refractivity contribution in [1.29, 1.82) is 0 Å². The van der Waals surface area contributed by atoms with Gasteiger partial charge in [0.05, 0.1) is 15.3 Å². The monoisotopic (exact) mass is 649 g/mol. The molecule has 0 N–H and O–H groups in total. The highest BCUT2D eigenvalue weighted by molar-refractivity contribution is 7.22. The summed E-state index contributed by atoms with van der Waals surface area (Å²) in [5.41, 5.74) is 0.319. The van der Waals surface area contributed by atoms with Crippen molar-refractivity contribution in [2.75, 3.05) is 50.8 Å². The molecular formula is C32H30ClF2N7O2S. The molecule has 0 radical (unpaired) electrons. The van der Waals surface area contributed by atoms with Gasteiger partial charge in [-0.05, 0) is 37.6 Å². The van der Waals surface area contributed by atoms with Crippen LogP contribution in [0, 0.1) is 12.4 Å². The number of aromatic nitrogens is 3. The van der Waals surface area contributed by atoms with Crippen LogP contribution in [0.1, 0.15) is 19.3 Å². The van der Waals surface area contributed by atoms with Gasteiger partial charge in [-0.2, -0.15) is 9.97 Å². The zero-order valence-electron chi connectivity index (χ0n) is 24.4.